The van der Waals surface area contributed by atoms with Gasteiger partial charge in [-0.2, -0.15) is 10.5 Å². The molecule has 260 valence electrons. The molecule has 1 aliphatic heterocycles. The number of carbonyl (C=O) groups is 2. The van der Waals surface area contributed by atoms with E-state index in [0.717, 1.165) is 42.2 Å². The molecule has 4 aromatic rings. The van der Waals surface area contributed by atoms with Crippen molar-refractivity contribution in [2.45, 2.75) is 43.0 Å². The van der Waals surface area contributed by atoms with Crippen molar-refractivity contribution in [2.75, 3.05) is 37.7 Å². The van der Waals surface area contributed by atoms with E-state index in [4.69, 9.17) is 36.8 Å². The normalized spacial score (nSPS) is 12.7. The molecule has 0 bridgehead atoms. The Morgan fingerprint density at radius 2 is 1.72 bits per heavy atom. The molecule has 1 fully saturated rings. The summed E-state index contributed by atoms with van der Waals surface area (Å²) in [7, 11) is 0. The third-order valence-corrected chi connectivity index (χ3v) is 9.82. The lowest BCUT2D eigenvalue weighted by atomic mass is 9.96. The lowest BCUT2D eigenvalue weighted by Gasteiger charge is -2.22. The van der Waals surface area contributed by atoms with Crippen molar-refractivity contribution < 1.29 is 19.1 Å². The zero-order valence-corrected chi connectivity index (χ0v) is 30.4. The maximum absolute atomic E-state index is 12.2. The van der Waals surface area contributed by atoms with Crippen LogP contribution in [-0.4, -0.2) is 60.7 Å². The van der Waals surface area contributed by atoms with Crippen molar-refractivity contribution in [3.05, 3.63) is 75.8 Å². The molecular weight excluding hydrogens is 717 g/mol. The summed E-state index contributed by atoms with van der Waals surface area (Å²) in [6.07, 6.45) is 2.13. The van der Waals surface area contributed by atoms with Gasteiger partial charge in [0.25, 0.3) is 0 Å². The van der Waals surface area contributed by atoms with E-state index in [0.29, 0.717) is 49.6 Å². The van der Waals surface area contributed by atoms with E-state index >= 15 is 0 Å². The Morgan fingerprint density at radius 3 is 2.38 bits per heavy atom. The van der Waals surface area contributed by atoms with Gasteiger partial charge in [-0.15, -0.1) is 23.7 Å². The van der Waals surface area contributed by atoms with Crippen LogP contribution < -0.4 is 20.7 Å². The smallest absolute Gasteiger partial charge is 0.328 e. The minimum atomic E-state index is -0.802. The fraction of sp³-hybridized carbons (Fsp3) is 0.314. The van der Waals surface area contributed by atoms with E-state index in [1.165, 1.54) is 30.0 Å². The second-order valence-electron chi connectivity index (χ2n) is 11.1. The number of hydrogen-bond donors (Lipinski definition) is 2. The molecule has 5 rings (SSSR count). The zero-order valence-electron chi connectivity index (χ0n) is 27.2. The first-order valence-corrected chi connectivity index (χ1v) is 17.9. The van der Waals surface area contributed by atoms with Crippen molar-refractivity contribution in [3.8, 4) is 39.6 Å². The number of hydrogen-bond acceptors (Lipinski definition) is 12. The van der Waals surface area contributed by atoms with Gasteiger partial charge in [-0.3, -0.25) is 4.79 Å². The van der Waals surface area contributed by atoms with E-state index < -0.39 is 12.0 Å². The SMILES string of the molecule is C[C@H](NC(=O)CCN)C(=O)OCCOc1ccc(-c2c(C#N)c(SCc3csc(-c4ccc(Cl)cc4)n3)nc(N3CCCC3)c2C#N)cc1.Cl. The van der Waals surface area contributed by atoms with Gasteiger partial charge in [-0.1, -0.05) is 47.6 Å². The van der Waals surface area contributed by atoms with Gasteiger partial charge >= 0.3 is 5.97 Å². The van der Waals surface area contributed by atoms with Crippen molar-refractivity contribution in [2.24, 2.45) is 5.73 Å². The topological polar surface area (TPSA) is 167 Å². The molecule has 50 heavy (non-hydrogen) atoms. The summed E-state index contributed by atoms with van der Waals surface area (Å²) in [5, 5.41) is 27.4. The summed E-state index contributed by atoms with van der Waals surface area (Å²) in [5.74, 6) is 0.691. The molecule has 1 aliphatic rings. The molecule has 0 aliphatic carbocycles. The number of carbonyl (C=O) groups excluding carboxylic acids is 2. The molecule has 0 unspecified atom stereocenters. The largest absolute Gasteiger partial charge is 0.490 e. The molecule has 1 atom stereocenters. The highest BCUT2D eigenvalue weighted by Crippen LogP contribution is 2.40. The van der Waals surface area contributed by atoms with Gasteiger partial charge in [0.05, 0.1) is 11.3 Å². The zero-order chi connectivity index (χ0) is 34.8. The molecule has 11 nitrogen and oxygen atoms in total. The number of amides is 1. The monoisotopic (exact) mass is 751 g/mol. The molecule has 2 aromatic carbocycles. The number of thioether (sulfide) groups is 1. The second-order valence-corrected chi connectivity index (χ2v) is 13.3. The summed E-state index contributed by atoms with van der Waals surface area (Å²) in [6.45, 7) is 3.37. The minimum Gasteiger partial charge on any atom is -0.490 e. The first-order valence-electron chi connectivity index (χ1n) is 15.7. The summed E-state index contributed by atoms with van der Waals surface area (Å²) >= 11 is 9.01. The Kier molecular flexibility index (Phi) is 14.3. The van der Waals surface area contributed by atoms with E-state index in [1.54, 1.807) is 24.3 Å². The Hall–Kier alpha value is -4.37. The van der Waals surface area contributed by atoms with Gasteiger partial charge in [0.2, 0.25) is 5.91 Å². The number of benzene rings is 2. The average Bonchev–Trinajstić information content (AvgIpc) is 3.82. The molecule has 1 amide bonds. The van der Waals surface area contributed by atoms with Crippen molar-refractivity contribution in [1.29, 1.82) is 10.5 Å². The number of aromatic nitrogens is 2. The molecule has 1 saturated heterocycles. The number of nitriles is 2. The number of nitrogens with one attached hydrogen (secondary N) is 1. The Bertz CT molecular complexity index is 1870. The fourth-order valence-corrected chi connectivity index (χ4v) is 7.13. The van der Waals surface area contributed by atoms with Crippen molar-refractivity contribution in [3.63, 3.8) is 0 Å². The van der Waals surface area contributed by atoms with Gasteiger partial charge in [0.15, 0.2) is 0 Å². The molecule has 0 saturated carbocycles. The summed E-state index contributed by atoms with van der Waals surface area (Å²) in [6, 6.07) is 18.5. The third kappa shape index (κ3) is 9.65. The number of halogens is 2. The van der Waals surface area contributed by atoms with Crippen LogP contribution in [-0.2, 0) is 20.1 Å². The van der Waals surface area contributed by atoms with Crippen LogP contribution in [0.3, 0.4) is 0 Å². The Balaban J connectivity index is 0.00000562. The van der Waals surface area contributed by atoms with Crippen LogP contribution in [0.2, 0.25) is 5.02 Å². The van der Waals surface area contributed by atoms with Gasteiger partial charge in [-0.05, 0) is 49.6 Å². The molecule has 3 N–H and O–H groups in total. The standard InChI is InChI=1S/C35H34ClN7O4S2.ClH/c1-22(40-30(44)12-13-37)35(45)47-17-16-46-27-10-6-23(7-11-27)31-28(18-38)32(43-14-2-3-15-43)42-34(29(31)19-39)49-21-26-20-48-33(41-26)24-4-8-25(36)9-5-24;/h4-11,20,22H,2-3,12-17,21,37H2,1H3,(H,40,44);1H/t22-;/m0./s1. The molecular formula is C35H35Cl2N7O4S2. The first-order chi connectivity index (χ1) is 23.8. The maximum Gasteiger partial charge on any atom is 0.328 e. The predicted octanol–water partition coefficient (Wildman–Crippen LogP) is 6.36. The molecule has 15 heteroatoms. The first kappa shape index (κ1) is 38.4. The number of thiazole rings is 1. The van der Waals surface area contributed by atoms with E-state index in [1.807, 2.05) is 29.6 Å². The Morgan fingerprint density at radius 1 is 1.04 bits per heavy atom. The third-order valence-electron chi connectivity index (χ3n) is 7.62. The number of pyridine rings is 1. The second kappa shape index (κ2) is 18.6. The van der Waals surface area contributed by atoms with E-state index in [-0.39, 0.29) is 44.5 Å². The highest BCUT2D eigenvalue weighted by atomic mass is 35.5. The number of ether oxygens (including phenoxy) is 2. The van der Waals surface area contributed by atoms with Crippen molar-refractivity contribution >= 4 is 64.8 Å². The fourth-order valence-electron chi connectivity index (χ4n) is 5.20. The number of esters is 1. The summed E-state index contributed by atoms with van der Waals surface area (Å²) in [4.78, 5) is 35.6. The van der Waals surface area contributed by atoms with Gasteiger partial charge in [-0.25, -0.2) is 14.8 Å². The summed E-state index contributed by atoms with van der Waals surface area (Å²) < 4.78 is 11.0. The van der Waals surface area contributed by atoms with Crippen molar-refractivity contribution in [1.82, 2.24) is 15.3 Å². The van der Waals surface area contributed by atoms with Crippen LogP contribution in [0.15, 0.2) is 58.9 Å². The van der Waals surface area contributed by atoms with E-state index in [9.17, 15) is 20.1 Å². The van der Waals surface area contributed by atoms with Gasteiger partial charge < -0.3 is 25.4 Å². The quantitative estimate of drug-likeness (QED) is 0.0836. The van der Waals surface area contributed by atoms with Crippen LogP contribution in [0.1, 0.15) is 43.0 Å². The molecule has 3 heterocycles. The maximum atomic E-state index is 12.2. The Labute approximate surface area is 310 Å². The van der Waals surface area contributed by atoms with E-state index in [2.05, 4.69) is 22.4 Å². The number of rotatable bonds is 14. The van der Waals surface area contributed by atoms with Crippen LogP contribution in [0.5, 0.6) is 5.75 Å². The van der Waals surface area contributed by atoms with Crippen LogP contribution >= 0.6 is 47.1 Å². The number of nitrogens with zero attached hydrogens (tertiary/aromatic N) is 5. The summed E-state index contributed by atoms with van der Waals surface area (Å²) in [5.41, 5.74) is 9.08. The lowest BCUT2D eigenvalue weighted by Crippen LogP contribution is -2.40. The lowest BCUT2D eigenvalue weighted by molar-refractivity contribution is -0.148. The highest BCUT2D eigenvalue weighted by molar-refractivity contribution is 7.98. The van der Waals surface area contributed by atoms with Crippen LogP contribution in [0, 0.1) is 22.7 Å². The average molecular weight is 753 g/mol. The predicted molar refractivity (Wildman–Crippen MR) is 198 cm³/mol. The molecule has 0 spiro atoms. The van der Waals surface area contributed by atoms with Gasteiger partial charge in [0.1, 0.15) is 58.6 Å². The minimum absolute atomic E-state index is 0. The molecule has 2 aromatic heterocycles. The van der Waals surface area contributed by atoms with Gasteiger partial charge in [0, 0.05) is 53.3 Å². The number of anilines is 1. The van der Waals surface area contributed by atoms with Crippen LogP contribution in [0.25, 0.3) is 21.7 Å². The number of nitrogens with two attached hydrogens (primary N) is 1. The van der Waals surface area contributed by atoms with Crippen LogP contribution in [0.4, 0.5) is 5.82 Å². The highest BCUT2D eigenvalue weighted by Gasteiger charge is 2.26. The molecule has 0 radical (unpaired) electrons.